The first kappa shape index (κ1) is 17.0. The molecule has 1 amide bonds. The third-order valence-electron chi connectivity index (χ3n) is 5.17. The van der Waals surface area contributed by atoms with Crippen LogP contribution >= 0.6 is 11.3 Å². The maximum Gasteiger partial charge on any atom is 0.231 e. The predicted octanol–water partition coefficient (Wildman–Crippen LogP) is 3.67. The summed E-state index contributed by atoms with van der Waals surface area (Å²) in [6.45, 7) is 0.437. The Labute approximate surface area is 157 Å². The van der Waals surface area contributed by atoms with Crippen molar-refractivity contribution in [3.63, 3.8) is 0 Å². The summed E-state index contributed by atoms with van der Waals surface area (Å²) in [5.74, 6) is 0.127. The van der Waals surface area contributed by atoms with Crippen LogP contribution in [0.4, 0.5) is 0 Å². The molecule has 0 aliphatic heterocycles. The van der Waals surface area contributed by atoms with Crippen LogP contribution in [0.5, 0.6) is 0 Å². The average Bonchev–Trinajstić information content (AvgIpc) is 3.41. The molecule has 3 aromatic heterocycles. The zero-order chi connectivity index (χ0) is 18.0. The van der Waals surface area contributed by atoms with Gasteiger partial charge in [0.25, 0.3) is 0 Å². The van der Waals surface area contributed by atoms with Crippen LogP contribution in [0, 0.1) is 0 Å². The topological polar surface area (TPSA) is 59.8 Å². The van der Waals surface area contributed by atoms with E-state index in [0.717, 1.165) is 42.8 Å². The minimum absolute atomic E-state index is 0.127. The van der Waals surface area contributed by atoms with E-state index in [-0.39, 0.29) is 11.3 Å². The van der Waals surface area contributed by atoms with Crippen molar-refractivity contribution in [1.29, 1.82) is 0 Å². The molecule has 134 valence electrons. The van der Waals surface area contributed by atoms with Crippen LogP contribution in [0.25, 0.3) is 11.4 Å². The molecule has 0 bridgehead atoms. The van der Waals surface area contributed by atoms with Gasteiger partial charge in [-0.2, -0.15) is 5.10 Å². The lowest BCUT2D eigenvalue weighted by Gasteiger charge is -2.26. The summed E-state index contributed by atoms with van der Waals surface area (Å²) < 4.78 is 1.81. The summed E-state index contributed by atoms with van der Waals surface area (Å²) in [5, 5.41) is 9.73. The number of nitrogens with zero attached hydrogens (tertiary/aromatic N) is 3. The molecule has 1 saturated carbocycles. The van der Waals surface area contributed by atoms with Gasteiger partial charge in [-0.25, -0.2) is 0 Å². The Kier molecular flexibility index (Phi) is 4.59. The summed E-state index contributed by atoms with van der Waals surface area (Å²) in [4.78, 5) is 18.6. The SMILES string of the molecule is Cn1nc(CNC(=O)C2(c3cccs3)CCCC2)cc1-c1ccccn1. The van der Waals surface area contributed by atoms with Gasteiger partial charge in [-0.3, -0.25) is 14.5 Å². The van der Waals surface area contributed by atoms with Crippen molar-refractivity contribution in [2.24, 2.45) is 7.05 Å². The molecule has 0 spiro atoms. The number of pyridine rings is 1. The van der Waals surface area contributed by atoms with Crippen molar-refractivity contribution in [2.75, 3.05) is 0 Å². The Morgan fingerprint density at radius 2 is 2.12 bits per heavy atom. The van der Waals surface area contributed by atoms with Gasteiger partial charge < -0.3 is 5.32 Å². The van der Waals surface area contributed by atoms with Crippen LogP contribution in [-0.2, 0) is 23.8 Å². The van der Waals surface area contributed by atoms with E-state index in [1.807, 2.05) is 42.1 Å². The number of rotatable bonds is 5. The molecule has 1 N–H and O–H groups in total. The maximum atomic E-state index is 13.0. The normalized spacial score (nSPS) is 15.9. The lowest BCUT2D eigenvalue weighted by Crippen LogP contribution is -2.41. The highest BCUT2D eigenvalue weighted by molar-refractivity contribution is 7.10. The Hall–Kier alpha value is -2.47. The second-order valence-corrected chi connectivity index (χ2v) is 7.76. The lowest BCUT2D eigenvalue weighted by molar-refractivity contribution is -0.126. The van der Waals surface area contributed by atoms with Gasteiger partial charge in [0.2, 0.25) is 5.91 Å². The van der Waals surface area contributed by atoms with E-state index in [9.17, 15) is 4.79 Å². The van der Waals surface area contributed by atoms with Crippen molar-refractivity contribution in [3.8, 4) is 11.4 Å². The largest absolute Gasteiger partial charge is 0.350 e. The molecule has 0 aromatic carbocycles. The van der Waals surface area contributed by atoms with Gasteiger partial charge in [0.15, 0.2) is 0 Å². The van der Waals surface area contributed by atoms with E-state index in [2.05, 4.69) is 26.8 Å². The van der Waals surface area contributed by atoms with Gasteiger partial charge in [0.05, 0.1) is 29.0 Å². The summed E-state index contributed by atoms with van der Waals surface area (Å²) in [6.07, 6.45) is 5.85. The highest BCUT2D eigenvalue weighted by atomic mass is 32.1. The number of amides is 1. The first-order valence-electron chi connectivity index (χ1n) is 8.96. The minimum Gasteiger partial charge on any atom is -0.350 e. The molecular weight excluding hydrogens is 344 g/mol. The van der Waals surface area contributed by atoms with Crippen molar-refractivity contribution >= 4 is 17.2 Å². The summed E-state index contributed by atoms with van der Waals surface area (Å²) in [7, 11) is 1.90. The molecular formula is C20H22N4OS. The predicted molar refractivity (Wildman–Crippen MR) is 103 cm³/mol. The van der Waals surface area contributed by atoms with E-state index in [1.165, 1.54) is 4.88 Å². The summed E-state index contributed by atoms with van der Waals surface area (Å²) >= 11 is 1.68. The van der Waals surface area contributed by atoms with Gasteiger partial charge in [0.1, 0.15) is 0 Å². The molecule has 4 rings (SSSR count). The zero-order valence-corrected chi connectivity index (χ0v) is 15.6. The number of hydrogen-bond acceptors (Lipinski definition) is 4. The van der Waals surface area contributed by atoms with E-state index in [0.29, 0.717) is 6.54 Å². The molecule has 0 unspecified atom stereocenters. The van der Waals surface area contributed by atoms with Gasteiger partial charge in [-0.05, 0) is 42.5 Å². The van der Waals surface area contributed by atoms with Crippen LogP contribution < -0.4 is 5.32 Å². The van der Waals surface area contributed by atoms with Crippen molar-refractivity contribution in [3.05, 3.63) is 58.5 Å². The van der Waals surface area contributed by atoms with Crippen LogP contribution in [0.2, 0.25) is 0 Å². The number of aryl methyl sites for hydroxylation is 1. The fraction of sp³-hybridized carbons (Fsp3) is 0.350. The molecule has 1 aliphatic rings. The van der Waals surface area contributed by atoms with Crippen LogP contribution in [0.1, 0.15) is 36.3 Å². The quantitative estimate of drug-likeness (QED) is 0.749. The molecule has 3 aromatic rings. The molecule has 26 heavy (non-hydrogen) atoms. The van der Waals surface area contributed by atoms with Gasteiger partial charge in [-0.15, -0.1) is 11.3 Å². The number of aromatic nitrogens is 3. The van der Waals surface area contributed by atoms with E-state index in [1.54, 1.807) is 17.5 Å². The third kappa shape index (κ3) is 3.05. The summed E-state index contributed by atoms with van der Waals surface area (Å²) in [5.41, 5.74) is 2.32. The highest BCUT2D eigenvalue weighted by Gasteiger charge is 2.43. The van der Waals surface area contributed by atoms with Crippen molar-refractivity contribution in [1.82, 2.24) is 20.1 Å². The molecule has 5 nitrogen and oxygen atoms in total. The second kappa shape index (κ2) is 7.03. The molecule has 0 atom stereocenters. The number of hydrogen-bond donors (Lipinski definition) is 1. The van der Waals surface area contributed by atoms with Crippen LogP contribution in [-0.4, -0.2) is 20.7 Å². The highest BCUT2D eigenvalue weighted by Crippen LogP contribution is 2.43. The minimum atomic E-state index is -0.354. The first-order chi connectivity index (χ1) is 12.7. The number of carbonyl (C=O) groups excluding carboxylic acids is 1. The van der Waals surface area contributed by atoms with E-state index >= 15 is 0 Å². The lowest BCUT2D eigenvalue weighted by atomic mass is 9.83. The van der Waals surface area contributed by atoms with Crippen LogP contribution in [0.15, 0.2) is 48.0 Å². The molecule has 3 heterocycles. The van der Waals surface area contributed by atoms with Gasteiger partial charge >= 0.3 is 0 Å². The van der Waals surface area contributed by atoms with E-state index < -0.39 is 0 Å². The third-order valence-corrected chi connectivity index (χ3v) is 6.25. The average molecular weight is 366 g/mol. The second-order valence-electron chi connectivity index (χ2n) is 6.81. The fourth-order valence-corrected chi connectivity index (χ4v) is 4.81. The molecule has 1 fully saturated rings. The number of carbonyl (C=O) groups is 1. The monoisotopic (exact) mass is 366 g/mol. The number of nitrogens with one attached hydrogen (secondary N) is 1. The van der Waals surface area contributed by atoms with Crippen molar-refractivity contribution in [2.45, 2.75) is 37.6 Å². The van der Waals surface area contributed by atoms with Crippen LogP contribution in [0.3, 0.4) is 0 Å². The zero-order valence-electron chi connectivity index (χ0n) is 14.8. The Balaban J connectivity index is 1.50. The number of thiophene rings is 1. The Morgan fingerprint density at radius 1 is 1.27 bits per heavy atom. The van der Waals surface area contributed by atoms with E-state index in [4.69, 9.17) is 0 Å². The molecule has 1 aliphatic carbocycles. The van der Waals surface area contributed by atoms with Gasteiger partial charge in [-0.1, -0.05) is 25.0 Å². The summed E-state index contributed by atoms with van der Waals surface area (Å²) in [6, 6.07) is 11.9. The van der Waals surface area contributed by atoms with Crippen molar-refractivity contribution < 1.29 is 4.79 Å². The standard InChI is InChI=1S/C20H22N4OS/c1-24-17(16-7-2-5-11-21-16)13-15(23-24)14-22-19(25)20(9-3-4-10-20)18-8-6-12-26-18/h2,5-8,11-13H,3-4,9-10,14H2,1H3,(H,22,25). The molecule has 0 radical (unpaired) electrons. The Bertz CT molecular complexity index is 880. The Morgan fingerprint density at radius 3 is 2.81 bits per heavy atom. The molecule has 0 saturated heterocycles. The molecule has 6 heteroatoms. The smallest absolute Gasteiger partial charge is 0.231 e. The van der Waals surface area contributed by atoms with Gasteiger partial charge in [0, 0.05) is 18.1 Å². The first-order valence-corrected chi connectivity index (χ1v) is 9.84. The fourth-order valence-electron chi connectivity index (χ4n) is 3.82. The maximum absolute atomic E-state index is 13.0.